The van der Waals surface area contributed by atoms with Crippen LogP contribution in [0.15, 0.2) is 47.2 Å². The molecule has 3 heterocycles. The van der Waals surface area contributed by atoms with Crippen molar-refractivity contribution in [3.63, 3.8) is 0 Å². The molecular weight excluding hydrogens is 366 g/mol. The van der Waals surface area contributed by atoms with Gasteiger partial charge in [-0.3, -0.25) is 4.98 Å². The Morgan fingerprint density at radius 1 is 1.21 bits per heavy atom. The number of aromatic nitrogens is 3. The minimum absolute atomic E-state index is 0.0266. The van der Waals surface area contributed by atoms with Gasteiger partial charge in [0.1, 0.15) is 0 Å². The molecule has 1 aliphatic heterocycles. The Kier molecular flexibility index (Phi) is 4.50. The number of benzene rings is 1. The van der Waals surface area contributed by atoms with Crippen molar-refractivity contribution in [1.82, 2.24) is 20.0 Å². The third kappa shape index (κ3) is 3.48. The first kappa shape index (κ1) is 17.8. The lowest BCUT2D eigenvalue weighted by Gasteiger charge is -2.17. The van der Waals surface area contributed by atoms with E-state index in [0.717, 1.165) is 24.1 Å². The zero-order valence-electron chi connectivity index (χ0n) is 16.3. The maximum atomic E-state index is 12.8. The molecule has 0 saturated carbocycles. The summed E-state index contributed by atoms with van der Waals surface area (Å²) in [7, 11) is 0. The van der Waals surface area contributed by atoms with E-state index in [1.165, 1.54) is 17.5 Å². The molecule has 0 spiro atoms. The van der Waals surface area contributed by atoms with Gasteiger partial charge >= 0.3 is 6.03 Å². The largest absolute Gasteiger partial charge is 0.339 e. The molecule has 7 heteroatoms. The predicted molar refractivity (Wildman–Crippen MR) is 108 cm³/mol. The van der Waals surface area contributed by atoms with E-state index in [2.05, 4.69) is 39.5 Å². The normalized spacial score (nSPS) is 20.7. The quantitative estimate of drug-likeness (QED) is 0.735. The maximum absolute atomic E-state index is 12.8. The van der Waals surface area contributed by atoms with Crippen LogP contribution < -0.4 is 5.32 Å². The highest BCUT2D eigenvalue weighted by atomic mass is 16.5. The summed E-state index contributed by atoms with van der Waals surface area (Å²) < 4.78 is 5.52. The van der Waals surface area contributed by atoms with Crippen LogP contribution in [0.25, 0.3) is 11.4 Å². The van der Waals surface area contributed by atoms with Crippen LogP contribution in [0.5, 0.6) is 0 Å². The molecule has 1 fully saturated rings. The minimum atomic E-state index is -0.0794. The van der Waals surface area contributed by atoms with Gasteiger partial charge in [0.15, 0.2) is 0 Å². The molecule has 1 aliphatic carbocycles. The molecule has 2 amide bonds. The summed E-state index contributed by atoms with van der Waals surface area (Å²) in [6, 6.07) is 9.90. The molecule has 0 bridgehead atoms. The van der Waals surface area contributed by atoms with Crippen LogP contribution in [0.1, 0.15) is 36.3 Å². The molecule has 5 rings (SSSR count). The number of urea groups is 1. The van der Waals surface area contributed by atoms with Gasteiger partial charge in [0.05, 0.1) is 5.92 Å². The van der Waals surface area contributed by atoms with Gasteiger partial charge in [0.25, 0.3) is 0 Å². The zero-order valence-corrected chi connectivity index (χ0v) is 16.3. The molecule has 7 nitrogen and oxygen atoms in total. The fraction of sp³-hybridized carbons (Fsp3) is 0.364. The first-order valence-corrected chi connectivity index (χ1v) is 10.1. The number of aryl methyl sites for hydroxylation is 2. The second-order valence-corrected chi connectivity index (χ2v) is 7.95. The highest BCUT2D eigenvalue weighted by Gasteiger charge is 2.37. The van der Waals surface area contributed by atoms with Crippen LogP contribution in [0, 0.1) is 5.92 Å². The van der Waals surface area contributed by atoms with E-state index in [0.29, 0.717) is 24.8 Å². The summed E-state index contributed by atoms with van der Waals surface area (Å²) in [5, 5.41) is 7.14. The summed E-state index contributed by atoms with van der Waals surface area (Å²) in [5.41, 5.74) is 4.44. The van der Waals surface area contributed by atoms with Crippen LogP contribution in [0.4, 0.5) is 10.5 Å². The number of rotatable bonds is 3. The van der Waals surface area contributed by atoms with Gasteiger partial charge in [0.2, 0.25) is 11.7 Å². The van der Waals surface area contributed by atoms with Gasteiger partial charge in [-0.2, -0.15) is 4.98 Å². The third-order valence-electron chi connectivity index (χ3n) is 5.93. The van der Waals surface area contributed by atoms with Crippen LogP contribution >= 0.6 is 0 Å². The van der Waals surface area contributed by atoms with Gasteiger partial charge in [-0.05, 0) is 60.6 Å². The van der Waals surface area contributed by atoms with Crippen LogP contribution in [0.3, 0.4) is 0 Å². The summed E-state index contributed by atoms with van der Waals surface area (Å²) >= 11 is 0. The number of carbonyl (C=O) groups is 1. The number of pyridine rings is 1. The average Bonchev–Trinajstić information content (AvgIpc) is 3.47. The number of hydrogen-bond donors (Lipinski definition) is 1. The van der Waals surface area contributed by atoms with Gasteiger partial charge in [-0.15, -0.1) is 0 Å². The first-order valence-electron chi connectivity index (χ1n) is 10.1. The molecule has 2 aliphatic rings. The Morgan fingerprint density at radius 3 is 2.97 bits per heavy atom. The van der Waals surface area contributed by atoms with Crippen molar-refractivity contribution < 1.29 is 9.32 Å². The Hall–Kier alpha value is -3.22. The number of nitrogens with zero attached hydrogens (tertiary/aromatic N) is 4. The van der Waals surface area contributed by atoms with Crippen LogP contribution in [-0.2, 0) is 12.8 Å². The molecule has 1 saturated heterocycles. The number of nitrogens with one attached hydrogen (secondary N) is 1. The number of hydrogen-bond acceptors (Lipinski definition) is 5. The standard InChI is InChI=1S/C22H23N5O2/c1-14-12-27(22(28)24-18-8-7-15-4-2-5-16(15)10-18)13-19(14)21-25-20(26-29-21)17-6-3-9-23-11-17/h3,6-11,14,19H,2,4-5,12-13H2,1H3,(H,24,28). The van der Waals surface area contributed by atoms with E-state index in [1.807, 2.05) is 23.1 Å². The van der Waals surface area contributed by atoms with Crippen molar-refractivity contribution in [2.24, 2.45) is 5.92 Å². The van der Waals surface area contributed by atoms with Crippen LogP contribution in [-0.4, -0.2) is 39.1 Å². The van der Waals surface area contributed by atoms with E-state index in [4.69, 9.17) is 4.52 Å². The topological polar surface area (TPSA) is 84.2 Å². The van der Waals surface area contributed by atoms with E-state index < -0.39 is 0 Å². The third-order valence-corrected chi connectivity index (χ3v) is 5.93. The predicted octanol–water partition coefficient (Wildman–Crippen LogP) is 3.89. The molecular formula is C22H23N5O2. The van der Waals surface area contributed by atoms with E-state index in [1.54, 1.807) is 12.4 Å². The molecule has 1 aromatic carbocycles. The Bertz CT molecular complexity index is 1030. The second kappa shape index (κ2) is 7.31. The monoisotopic (exact) mass is 389 g/mol. The van der Waals surface area contributed by atoms with Crippen molar-refractivity contribution in [3.05, 3.63) is 59.7 Å². The summed E-state index contributed by atoms with van der Waals surface area (Å²) in [5.74, 6) is 1.37. The number of fused-ring (bicyclic) bond motifs is 1. The molecule has 0 radical (unpaired) electrons. The lowest BCUT2D eigenvalue weighted by molar-refractivity contribution is 0.220. The molecule has 148 valence electrons. The smallest absolute Gasteiger partial charge is 0.321 e. The average molecular weight is 389 g/mol. The molecule has 1 N–H and O–H groups in total. The van der Waals surface area contributed by atoms with Crippen molar-refractivity contribution in [1.29, 1.82) is 0 Å². The fourth-order valence-corrected chi connectivity index (χ4v) is 4.30. The van der Waals surface area contributed by atoms with Gasteiger partial charge in [-0.25, -0.2) is 4.79 Å². The van der Waals surface area contributed by atoms with E-state index >= 15 is 0 Å². The lowest BCUT2D eigenvalue weighted by Crippen LogP contribution is -2.33. The minimum Gasteiger partial charge on any atom is -0.339 e. The molecule has 2 aromatic heterocycles. The lowest BCUT2D eigenvalue weighted by atomic mass is 9.98. The van der Waals surface area contributed by atoms with Gasteiger partial charge in [0, 0.05) is 36.7 Å². The maximum Gasteiger partial charge on any atom is 0.321 e. The van der Waals surface area contributed by atoms with Crippen molar-refractivity contribution in [2.75, 3.05) is 18.4 Å². The first-order chi connectivity index (χ1) is 14.2. The molecule has 2 atom stereocenters. The zero-order chi connectivity index (χ0) is 19.8. The Labute approximate surface area is 169 Å². The SMILES string of the molecule is CC1CN(C(=O)Nc2ccc3c(c2)CCC3)CC1c1nc(-c2cccnc2)no1. The molecule has 3 aromatic rings. The number of amides is 2. The molecule has 29 heavy (non-hydrogen) atoms. The fourth-order valence-electron chi connectivity index (χ4n) is 4.30. The summed E-state index contributed by atoms with van der Waals surface area (Å²) in [4.78, 5) is 23.3. The van der Waals surface area contributed by atoms with Crippen molar-refractivity contribution in [2.45, 2.75) is 32.1 Å². The van der Waals surface area contributed by atoms with Crippen LogP contribution in [0.2, 0.25) is 0 Å². The number of carbonyl (C=O) groups excluding carboxylic acids is 1. The Balaban J connectivity index is 1.27. The van der Waals surface area contributed by atoms with E-state index in [9.17, 15) is 4.79 Å². The second-order valence-electron chi connectivity index (χ2n) is 7.95. The number of likely N-dealkylation sites (tertiary alicyclic amines) is 1. The van der Waals surface area contributed by atoms with E-state index in [-0.39, 0.29) is 17.9 Å². The summed E-state index contributed by atoms with van der Waals surface area (Å²) in [6.45, 7) is 3.33. The molecule has 2 unspecified atom stereocenters. The van der Waals surface area contributed by atoms with Crippen molar-refractivity contribution in [3.8, 4) is 11.4 Å². The summed E-state index contributed by atoms with van der Waals surface area (Å²) in [6.07, 6.45) is 6.85. The Morgan fingerprint density at radius 2 is 2.10 bits per heavy atom. The highest BCUT2D eigenvalue weighted by Crippen LogP contribution is 2.33. The van der Waals surface area contributed by atoms with Gasteiger partial charge in [-0.1, -0.05) is 18.1 Å². The van der Waals surface area contributed by atoms with Gasteiger partial charge < -0.3 is 14.7 Å². The van der Waals surface area contributed by atoms with Crippen molar-refractivity contribution >= 4 is 11.7 Å². The number of anilines is 1. The highest BCUT2D eigenvalue weighted by molar-refractivity contribution is 5.89.